The molecule has 19 heavy (non-hydrogen) atoms. The minimum atomic E-state index is -4.34. The van der Waals surface area contributed by atoms with Crippen LogP contribution in [-0.4, -0.2) is 15.0 Å². The first-order valence-corrected chi connectivity index (χ1v) is 6.00. The number of rotatable bonds is 3. The molecule has 1 unspecified atom stereocenters. The van der Waals surface area contributed by atoms with Gasteiger partial charge in [-0.1, -0.05) is 17.3 Å². The van der Waals surface area contributed by atoms with Gasteiger partial charge in [0.05, 0.1) is 23.7 Å². The van der Waals surface area contributed by atoms with Gasteiger partial charge in [-0.15, -0.1) is 16.7 Å². The normalized spacial score (nSPS) is 13.5. The predicted octanol–water partition coefficient (Wildman–Crippen LogP) is 3.65. The van der Waals surface area contributed by atoms with Gasteiger partial charge >= 0.3 is 6.18 Å². The van der Waals surface area contributed by atoms with E-state index in [-0.39, 0.29) is 11.9 Å². The van der Waals surface area contributed by atoms with E-state index in [1.165, 1.54) is 10.7 Å². The first kappa shape index (κ1) is 13.9. The molecule has 2 aromatic rings. The fraction of sp³-hybridized carbons (Fsp3) is 0.333. The van der Waals surface area contributed by atoms with Gasteiger partial charge < -0.3 is 0 Å². The molecule has 1 aromatic carbocycles. The summed E-state index contributed by atoms with van der Waals surface area (Å²) in [6, 6.07) is 5.13. The van der Waals surface area contributed by atoms with Gasteiger partial charge in [0, 0.05) is 0 Å². The molecule has 1 heterocycles. The number of halogens is 4. The maximum atomic E-state index is 12.6. The molecular formula is C12H11ClF3N3. The van der Waals surface area contributed by atoms with Gasteiger partial charge in [0.1, 0.15) is 5.69 Å². The lowest BCUT2D eigenvalue weighted by atomic mass is 10.1. The molecule has 0 aliphatic heterocycles. The Morgan fingerprint density at radius 3 is 2.68 bits per heavy atom. The van der Waals surface area contributed by atoms with Crippen molar-refractivity contribution in [2.24, 2.45) is 0 Å². The Bertz CT molecular complexity index is 563. The van der Waals surface area contributed by atoms with E-state index in [1.807, 2.05) is 0 Å². The molecule has 1 aromatic heterocycles. The van der Waals surface area contributed by atoms with Crippen molar-refractivity contribution in [3.63, 3.8) is 0 Å². The molecule has 2 rings (SSSR count). The zero-order chi connectivity index (χ0) is 14.0. The van der Waals surface area contributed by atoms with Crippen LogP contribution >= 0.6 is 11.6 Å². The Labute approximate surface area is 113 Å². The van der Waals surface area contributed by atoms with Crippen molar-refractivity contribution in [1.82, 2.24) is 15.0 Å². The van der Waals surface area contributed by atoms with Crippen molar-refractivity contribution in [2.45, 2.75) is 25.0 Å². The van der Waals surface area contributed by atoms with E-state index < -0.39 is 11.7 Å². The van der Waals surface area contributed by atoms with Crippen LogP contribution in [0.25, 0.3) is 0 Å². The SMILES string of the molecule is CC(Cl)c1cn(Cc2cccc(C(F)(F)F)c2)nn1. The lowest BCUT2D eigenvalue weighted by Gasteiger charge is -2.08. The molecule has 1 atom stereocenters. The summed E-state index contributed by atoms with van der Waals surface area (Å²) in [6.07, 6.45) is -2.72. The molecule has 0 aliphatic rings. The molecular weight excluding hydrogens is 279 g/mol. The Hall–Kier alpha value is -1.56. The number of nitrogens with zero attached hydrogens (tertiary/aromatic N) is 3. The van der Waals surface area contributed by atoms with E-state index in [0.29, 0.717) is 11.3 Å². The third kappa shape index (κ3) is 3.47. The third-order valence-corrected chi connectivity index (χ3v) is 2.79. The van der Waals surface area contributed by atoms with Gasteiger partial charge in [-0.05, 0) is 24.6 Å². The van der Waals surface area contributed by atoms with Crippen molar-refractivity contribution in [2.75, 3.05) is 0 Å². The van der Waals surface area contributed by atoms with Crippen LogP contribution in [0.2, 0.25) is 0 Å². The topological polar surface area (TPSA) is 30.7 Å². The van der Waals surface area contributed by atoms with Crippen LogP contribution in [-0.2, 0) is 12.7 Å². The fourth-order valence-electron chi connectivity index (χ4n) is 1.61. The zero-order valence-corrected chi connectivity index (χ0v) is 10.8. The summed E-state index contributed by atoms with van der Waals surface area (Å²) in [6.45, 7) is 1.97. The van der Waals surface area contributed by atoms with Crippen LogP contribution in [0.4, 0.5) is 13.2 Å². The van der Waals surface area contributed by atoms with Crippen LogP contribution in [0.1, 0.15) is 29.1 Å². The first-order chi connectivity index (χ1) is 8.86. The van der Waals surface area contributed by atoms with Gasteiger partial charge in [-0.3, -0.25) is 0 Å². The molecule has 0 amide bonds. The van der Waals surface area contributed by atoms with E-state index in [0.717, 1.165) is 12.1 Å². The number of alkyl halides is 4. The Morgan fingerprint density at radius 2 is 2.11 bits per heavy atom. The van der Waals surface area contributed by atoms with Crippen LogP contribution in [0.3, 0.4) is 0 Å². The van der Waals surface area contributed by atoms with E-state index in [9.17, 15) is 13.2 Å². The smallest absolute Gasteiger partial charge is 0.248 e. The second-order valence-electron chi connectivity index (χ2n) is 4.16. The average Bonchev–Trinajstić information content (AvgIpc) is 2.77. The molecule has 0 saturated heterocycles. The van der Waals surface area contributed by atoms with Crippen molar-refractivity contribution < 1.29 is 13.2 Å². The van der Waals surface area contributed by atoms with Crippen LogP contribution < -0.4 is 0 Å². The minimum Gasteiger partial charge on any atom is -0.248 e. The molecule has 7 heteroatoms. The second-order valence-corrected chi connectivity index (χ2v) is 4.81. The Balaban J connectivity index is 2.19. The summed E-state index contributed by atoms with van der Waals surface area (Å²) in [4.78, 5) is 0. The van der Waals surface area contributed by atoms with Gasteiger partial charge in [-0.2, -0.15) is 13.2 Å². The lowest BCUT2D eigenvalue weighted by Crippen LogP contribution is -2.07. The van der Waals surface area contributed by atoms with Gasteiger partial charge in [-0.25, -0.2) is 4.68 Å². The maximum absolute atomic E-state index is 12.6. The van der Waals surface area contributed by atoms with Crippen molar-refractivity contribution >= 4 is 11.6 Å². The molecule has 0 bridgehead atoms. The number of hydrogen-bond acceptors (Lipinski definition) is 2. The quantitative estimate of drug-likeness (QED) is 0.808. The molecule has 0 saturated carbocycles. The predicted molar refractivity (Wildman–Crippen MR) is 64.8 cm³/mol. The largest absolute Gasteiger partial charge is 0.416 e. The van der Waals surface area contributed by atoms with Crippen LogP contribution in [0.5, 0.6) is 0 Å². The van der Waals surface area contributed by atoms with Crippen LogP contribution in [0, 0.1) is 0 Å². The van der Waals surface area contributed by atoms with Gasteiger partial charge in [0.25, 0.3) is 0 Å². The molecule has 3 nitrogen and oxygen atoms in total. The van der Waals surface area contributed by atoms with Gasteiger partial charge in [0.2, 0.25) is 0 Å². The van der Waals surface area contributed by atoms with E-state index in [4.69, 9.17) is 11.6 Å². The molecule has 0 aliphatic carbocycles. The monoisotopic (exact) mass is 289 g/mol. The molecule has 0 fully saturated rings. The molecule has 0 spiro atoms. The lowest BCUT2D eigenvalue weighted by molar-refractivity contribution is -0.137. The van der Waals surface area contributed by atoms with Crippen LogP contribution in [0.15, 0.2) is 30.5 Å². The van der Waals surface area contributed by atoms with E-state index >= 15 is 0 Å². The molecule has 102 valence electrons. The van der Waals surface area contributed by atoms with E-state index in [2.05, 4.69) is 10.3 Å². The second kappa shape index (κ2) is 5.21. The fourth-order valence-corrected chi connectivity index (χ4v) is 1.71. The zero-order valence-electron chi connectivity index (χ0n) is 10.0. The summed E-state index contributed by atoms with van der Waals surface area (Å²) in [5.41, 5.74) is 0.429. The summed E-state index contributed by atoms with van der Waals surface area (Å²) < 4.78 is 39.2. The van der Waals surface area contributed by atoms with Crippen molar-refractivity contribution in [1.29, 1.82) is 0 Å². The number of benzene rings is 1. The van der Waals surface area contributed by atoms with Crippen molar-refractivity contribution in [3.8, 4) is 0 Å². The highest BCUT2D eigenvalue weighted by Gasteiger charge is 2.30. The van der Waals surface area contributed by atoms with Gasteiger partial charge in [0.15, 0.2) is 0 Å². The Kier molecular flexibility index (Phi) is 3.80. The summed E-state index contributed by atoms with van der Waals surface area (Å²) in [7, 11) is 0. The first-order valence-electron chi connectivity index (χ1n) is 5.56. The number of aromatic nitrogens is 3. The number of hydrogen-bond donors (Lipinski definition) is 0. The highest BCUT2D eigenvalue weighted by molar-refractivity contribution is 6.20. The Morgan fingerprint density at radius 1 is 1.37 bits per heavy atom. The maximum Gasteiger partial charge on any atom is 0.416 e. The summed E-state index contributed by atoms with van der Waals surface area (Å²) >= 11 is 5.84. The van der Waals surface area contributed by atoms with E-state index in [1.54, 1.807) is 19.2 Å². The molecule has 0 radical (unpaired) electrons. The summed E-state index contributed by atoms with van der Waals surface area (Å²) in [5, 5.41) is 7.39. The highest BCUT2D eigenvalue weighted by atomic mass is 35.5. The molecule has 0 N–H and O–H groups in total. The standard InChI is InChI=1S/C12H11ClF3N3/c1-8(13)11-7-19(18-17-11)6-9-3-2-4-10(5-9)12(14,15)16/h2-5,7-8H,6H2,1H3. The minimum absolute atomic E-state index is 0.223. The average molecular weight is 290 g/mol. The third-order valence-electron chi connectivity index (χ3n) is 2.56. The highest BCUT2D eigenvalue weighted by Crippen LogP contribution is 2.29. The van der Waals surface area contributed by atoms with Crippen molar-refractivity contribution in [3.05, 3.63) is 47.3 Å². The summed E-state index contributed by atoms with van der Waals surface area (Å²) in [5.74, 6) is 0.